The molecule has 0 aliphatic carbocycles. The van der Waals surface area contributed by atoms with Crippen LogP contribution in [0.2, 0.25) is 0 Å². The van der Waals surface area contributed by atoms with E-state index in [1.807, 2.05) is 36.7 Å². The molecule has 1 heterocycles. The molecule has 0 saturated carbocycles. The maximum absolute atomic E-state index is 9.38. The number of rotatable bonds is 2. The van der Waals surface area contributed by atoms with Crippen LogP contribution in [0.3, 0.4) is 0 Å². The maximum Gasteiger partial charge on any atom is 0.0715 e. The van der Waals surface area contributed by atoms with E-state index in [9.17, 15) is 5.11 Å². The largest absolute Gasteiger partial charge is 0.392 e. The van der Waals surface area contributed by atoms with Gasteiger partial charge in [-0.2, -0.15) is 5.10 Å². The van der Waals surface area contributed by atoms with Gasteiger partial charge in [-0.05, 0) is 38.5 Å². The van der Waals surface area contributed by atoms with E-state index in [1.165, 1.54) is 5.56 Å². The number of aliphatic hydroxyl groups is 1. The Morgan fingerprint density at radius 2 is 2.00 bits per heavy atom. The predicted octanol–water partition coefficient (Wildman–Crippen LogP) is 3.05. The van der Waals surface area contributed by atoms with Crippen LogP contribution >= 0.6 is 15.9 Å². The average molecular weight is 295 g/mol. The zero-order chi connectivity index (χ0) is 12.6. The first-order valence-corrected chi connectivity index (χ1v) is 6.26. The number of aliphatic hydroxyl groups excluding tert-OH is 1. The molecule has 0 amide bonds. The smallest absolute Gasteiger partial charge is 0.0715 e. The molecule has 0 radical (unpaired) electrons. The van der Waals surface area contributed by atoms with E-state index in [1.54, 1.807) is 0 Å². The first-order valence-electron chi connectivity index (χ1n) is 5.47. The normalized spacial score (nSPS) is 10.9. The highest BCUT2D eigenvalue weighted by Crippen LogP contribution is 2.23. The third-order valence-electron chi connectivity index (χ3n) is 3.10. The Kier molecular flexibility index (Phi) is 3.35. The molecule has 2 aromatic rings. The van der Waals surface area contributed by atoms with Crippen LogP contribution in [0.25, 0.3) is 5.69 Å². The lowest BCUT2D eigenvalue weighted by Crippen LogP contribution is -2.03. The van der Waals surface area contributed by atoms with Crippen molar-refractivity contribution < 1.29 is 5.11 Å². The molecule has 2 rings (SSSR count). The van der Waals surface area contributed by atoms with Crippen molar-refractivity contribution in [2.24, 2.45) is 0 Å². The van der Waals surface area contributed by atoms with E-state index in [0.717, 1.165) is 27.1 Å². The average Bonchev–Trinajstić information content (AvgIpc) is 2.57. The number of aryl methyl sites for hydroxylation is 1. The molecule has 90 valence electrons. The van der Waals surface area contributed by atoms with E-state index in [-0.39, 0.29) is 6.61 Å². The van der Waals surface area contributed by atoms with E-state index in [0.29, 0.717) is 0 Å². The summed E-state index contributed by atoms with van der Waals surface area (Å²) in [6, 6.07) is 5.81. The molecule has 0 fully saturated rings. The molecule has 1 aromatic heterocycles. The zero-order valence-corrected chi connectivity index (χ0v) is 11.7. The Bertz CT molecular complexity index is 561. The second kappa shape index (κ2) is 4.63. The lowest BCUT2D eigenvalue weighted by molar-refractivity contribution is 0.281. The van der Waals surface area contributed by atoms with Crippen molar-refractivity contribution in [1.82, 2.24) is 9.78 Å². The van der Waals surface area contributed by atoms with E-state index in [4.69, 9.17) is 0 Å². The Morgan fingerprint density at radius 1 is 1.29 bits per heavy atom. The number of hydrogen-bond acceptors (Lipinski definition) is 2. The minimum Gasteiger partial charge on any atom is -0.392 e. The summed E-state index contributed by atoms with van der Waals surface area (Å²) < 4.78 is 2.87. The molecule has 0 bridgehead atoms. The second-order valence-corrected chi connectivity index (χ2v) is 5.05. The Hall–Kier alpha value is -1.13. The monoisotopic (exact) mass is 294 g/mol. The standard InChI is InChI=1S/C13H15BrN2O/c1-8-9(2)15-16(10(8)3)13-6-12(14)5-4-11(13)7-17/h4-6,17H,7H2,1-3H3. The van der Waals surface area contributed by atoms with Gasteiger partial charge in [0, 0.05) is 15.7 Å². The SMILES string of the molecule is Cc1nn(-c2cc(Br)ccc2CO)c(C)c1C. The van der Waals surface area contributed by atoms with Crippen molar-refractivity contribution in [3.63, 3.8) is 0 Å². The molecular formula is C13H15BrN2O. The Balaban J connectivity index is 2.67. The van der Waals surface area contributed by atoms with Gasteiger partial charge < -0.3 is 5.11 Å². The molecule has 0 saturated heterocycles. The lowest BCUT2D eigenvalue weighted by Gasteiger charge is -2.10. The van der Waals surface area contributed by atoms with Gasteiger partial charge in [-0.15, -0.1) is 0 Å². The predicted molar refractivity (Wildman–Crippen MR) is 71.4 cm³/mol. The van der Waals surface area contributed by atoms with Crippen LogP contribution in [0, 0.1) is 20.8 Å². The highest BCUT2D eigenvalue weighted by atomic mass is 79.9. The van der Waals surface area contributed by atoms with Gasteiger partial charge in [0.1, 0.15) is 0 Å². The van der Waals surface area contributed by atoms with Crippen LogP contribution in [0.4, 0.5) is 0 Å². The third kappa shape index (κ3) is 2.15. The van der Waals surface area contributed by atoms with Crippen LogP contribution in [0.5, 0.6) is 0 Å². The molecule has 0 unspecified atom stereocenters. The minimum atomic E-state index is 0.0139. The summed E-state index contributed by atoms with van der Waals surface area (Å²) in [5.41, 5.74) is 5.12. The van der Waals surface area contributed by atoms with Gasteiger partial charge in [-0.25, -0.2) is 4.68 Å². The second-order valence-electron chi connectivity index (χ2n) is 4.14. The molecular weight excluding hydrogens is 280 g/mol. The summed E-state index contributed by atoms with van der Waals surface area (Å²) in [6.45, 7) is 6.11. The van der Waals surface area contributed by atoms with Crippen LogP contribution in [-0.2, 0) is 6.61 Å². The van der Waals surface area contributed by atoms with Crippen LogP contribution in [0.1, 0.15) is 22.5 Å². The molecule has 0 aliphatic rings. The topological polar surface area (TPSA) is 38.0 Å². The molecule has 1 aromatic carbocycles. The van der Waals surface area contributed by atoms with Crippen molar-refractivity contribution in [2.45, 2.75) is 27.4 Å². The summed E-state index contributed by atoms with van der Waals surface area (Å²) in [7, 11) is 0. The van der Waals surface area contributed by atoms with Crippen molar-refractivity contribution >= 4 is 15.9 Å². The van der Waals surface area contributed by atoms with Crippen molar-refractivity contribution in [3.05, 3.63) is 45.2 Å². The molecule has 3 nitrogen and oxygen atoms in total. The fraction of sp³-hybridized carbons (Fsp3) is 0.308. The highest BCUT2D eigenvalue weighted by Gasteiger charge is 2.12. The van der Waals surface area contributed by atoms with Gasteiger partial charge >= 0.3 is 0 Å². The highest BCUT2D eigenvalue weighted by molar-refractivity contribution is 9.10. The van der Waals surface area contributed by atoms with Crippen LogP contribution in [0.15, 0.2) is 22.7 Å². The number of aromatic nitrogens is 2. The van der Waals surface area contributed by atoms with Gasteiger partial charge in [-0.1, -0.05) is 22.0 Å². The summed E-state index contributed by atoms with van der Waals surface area (Å²) in [5, 5.41) is 13.9. The Morgan fingerprint density at radius 3 is 2.53 bits per heavy atom. The Labute approximate surface area is 109 Å². The number of benzene rings is 1. The molecule has 1 N–H and O–H groups in total. The quantitative estimate of drug-likeness (QED) is 0.924. The molecule has 0 atom stereocenters. The van der Waals surface area contributed by atoms with Gasteiger partial charge in [0.25, 0.3) is 0 Å². The molecule has 0 aliphatic heterocycles. The fourth-order valence-corrected chi connectivity index (χ4v) is 2.17. The summed E-state index contributed by atoms with van der Waals surface area (Å²) in [6.07, 6.45) is 0. The molecule has 4 heteroatoms. The maximum atomic E-state index is 9.38. The van der Waals surface area contributed by atoms with E-state index >= 15 is 0 Å². The van der Waals surface area contributed by atoms with Crippen molar-refractivity contribution in [1.29, 1.82) is 0 Å². The summed E-state index contributed by atoms with van der Waals surface area (Å²) in [4.78, 5) is 0. The van der Waals surface area contributed by atoms with Crippen molar-refractivity contribution in [3.8, 4) is 5.69 Å². The summed E-state index contributed by atoms with van der Waals surface area (Å²) >= 11 is 3.45. The molecule has 17 heavy (non-hydrogen) atoms. The third-order valence-corrected chi connectivity index (χ3v) is 3.59. The number of nitrogens with zero attached hydrogens (tertiary/aromatic N) is 2. The summed E-state index contributed by atoms with van der Waals surface area (Å²) in [5.74, 6) is 0. The number of hydrogen-bond donors (Lipinski definition) is 1. The minimum absolute atomic E-state index is 0.0139. The number of halogens is 1. The fourth-order valence-electron chi connectivity index (χ4n) is 1.82. The van der Waals surface area contributed by atoms with Crippen LogP contribution in [-0.4, -0.2) is 14.9 Å². The van der Waals surface area contributed by atoms with Gasteiger partial charge in [0.05, 0.1) is 18.0 Å². The van der Waals surface area contributed by atoms with Crippen molar-refractivity contribution in [2.75, 3.05) is 0 Å². The zero-order valence-electron chi connectivity index (χ0n) is 10.2. The van der Waals surface area contributed by atoms with Crippen LogP contribution < -0.4 is 0 Å². The molecule has 0 spiro atoms. The first-order chi connectivity index (χ1) is 8.04. The first kappa shape index (κ1) is 12.3. The van der Waals surface area contributed by atoms with Gasteiger partial charge in [0.2, 0.25) is 0 Å². The lowest BCUT2D eigenvalue weighted by atomic mass is 10.2. The van der Waals surface area contributed by atoms with Gasteiger partial charge in [0.15, 0.2) is 0 Å². The van der Waals surface area contributed by atoms with E-state index in [2.05, 4.69) is 28.0 Å². The van der Waals surface area contributed by atoms with E-state index < -0.39 is 0 Å². The van der Waals surface area contributed by atoms with Gasteiger partial charge in [-0.3, -0.25) is 0 Å².